The zero-order valence-corrected chi connectivity index (χ0v) is 32.6. The van der Waals surface area contributed by atoms with Crippen molar-refractivity contribution in [3.05, 3.63) is 24.3 Å². The van der Waals surface area contributed by atoms with Gasteiger partial charge in [-0.2, -0.15) is 0 Å². The minimum atomic E-state index is -1.55. The van der Waals surface area contributed by atoms with Crippen LogP contribution in [0.25, 0.3) is 0 Å². The third-order valence-electron chi connectivity index (χ3n) is 10.0. The second kappa shape index (κ2) is 33.3. The van der Waals surface area contributed by atoms with Gasteiger partial charge in [-0.15, -0.1) is 0 Å². The molecule has 51 heavy (non-hydrogen) atoms. The molecule has 9 heteroatoms. The van der Waals surface area contributed by atoms with Crippen molar-refractivity contribution >= 4 is 5.91 Å². The van der Waals surface area contributed by atoms with Crippen LogP contribution in [0.1, 0.15) is 181 Å². The Labute approximate surface area is 311 Å². The fourth-order valence-electron chi connectivity index (χ4n) is 6.56. The van der Waals surface area contributed by atoms with Gasteiger partial charge in [0, 0.05) is 6.42 Å². The minimum Gasteiger partial charge on any atom is -0.394 e. The van der Waals surface area contributed by atoms with Crippen molar-refractivity contribution in [2.24, 2.45) is 0 Å². The first kappa shape index (κ1) is 47.7. The summed E-state index contributed by atoms with van der Waals surface area (Å²) in [5.41, 5.74) is 0. The number of rotatable bonds is 34. The van der Waals surface area contributed by atoms with Crippen molar-refractivity contribution in [1.82, 2.24) is 5.32 Å². The zero-order chi connectivity index (χ0) is 37.4. The molecule has 0 aromatic carbocycles. The molecule has 2 unspecified atom stereocenters. The van der Waals surface area contributed by atoms with Crippen molar-refractivity contribution < 1.29 is 39.8 Å². The summed E-state index contributed by atoms with van der Waals surface area (Å²) in [7, 11) is 0. The zero-order valence-electron chi connectivity index (χ0n) is 32.6. The van der Waals surface area contributed by atoms with Crippen LogP contribution in [0.5, 0.6) is 0 Å². The summed E-state index contributed by atoms with van der Waals surface area (Å²) >= 11 is 0. The van der Waals surface area contributed by atoms with Crippen LogP contribution in [0.4, 0.5) is 0 Å². The Morgan fingerprint density at radius 2 is 1.10 bits per heavy atom. The third-order valence-corrected chi connectivity index (χ3v) is 10.0. The van der Waals surface area contributed by atoms with Gasteiger partial charge in [-0.05, 0) is 64.2 Å². The molecule has 1 rings (SSSR count). The Bertz CT molecular complexity index is 853. The van der Waals surface area contributed by atoms with Crippen molar-refractivity contribution in [2.45, 2.75) is 224 Å². The van der Waals surface area contributed by atoms with Gasteiger partial charge in [0.25, 0.3) is 0 Å². The standard InChI is InChI=1S/C42H79NO8/c1-3-5-7-9-11-13-14-15-16-17-18-19-20-21-22-24-26-28-30-32-38(46)43-35(36(45)31-29-27-25-23-12-10-8-6-4-2)34-50-42-41(49)40(48)39(47)37(33-44)51-42/h12,15-16,23,35-37,39-42,44-45,47-49H,3-11,13-14,17-22,24-34H2,1-2H3,(H,43,46)/b16-15+,23-12+/t35-,36+,37-,39-,40?,41?,42-/m0/s1. The first-order chi connectivity index (χ1) is 24.8. The van der Waals surface area contributed by atoms with Gasteiger partial charge in [-0.25, -0.2) is 0 Å². The molecule has 6 N–H and O–H groups in total. The first-order valence-corrected chi connectivity index (χ1v) is 21.0. The third kappa shape index (κ3) is 24.6. The number of allylic oxidation sites excluding steroid dienone is 4. The maximum absolute atomic E-state index is 12.9. The quantitative estimate of drug-likeness (QED) is 0.0289. The molecule has 1 aliphatic rings. The number of amides is 1. The van der Waals surface area contributed by atoms with Crippen molar-refractivity contribution in [1.29, 1.82) is 0 Å². The highest BCUT2D eigenvalue weighted by molar-refractivity contribution is 5.76. The topological polar surface area (TPSA) is 149 Å². The number of aliphatic hydroxyl groups excluding tert-OH is 5. The second-order valence-electron chi connectivity index (χ2n) is 14.8. The lowest BCUT2D eigenvalue weighted by molar-refractivity contribution is -0.302. The smallest absolute Gasteiger partial charge is 0.220 e. The van der Waals surface area contributed by atoms with Gasteiger partial charge in [-0.1, -0.05) is 134 Å². The Morgan fingerprint density at radius 3 is 1.63 bits per heavy atom. The van der Waals surface area contributed by atoms with E-state index in [0.717, 1.165) is 44.9 Å². The molecule has 1 aliphatic heterocycles. The van der Waals surface area contributed by atoms with E-state index in [9.17, 15) is 30.3 Å². The number of carbonyl (C=O) groups is 1. The minimum absolute atomic E-state index is 0.150. The van der Waals surface area contributed by atoms with Gasteiger partial charge in [0.2, 0.25) is 5.91 Å². The van der Waals surface area contributed by atoms with Crippen molar-refractivity contribution in [3.8, 4) is 0 Å². The molecule has 1 heterocycles. The fourth-order valence-corrected chi connectivity index (χ4v) is 6.56. The van der Waals surface area contributed by atoms with Crippen LogP contribution in [0.2, 0.25) is 0 Å². The lowest BCUT2D eigenvalue weighted by atomic mass is 9.99. The summed E-state index contributed by atoms with van der Waals surface area (Å²) in [5.74, 6) is -0.160. The monoisotopic (exact) mass is 726 g/mol. The molecule has 0 radical (unpaired) electrons. The van der Waals surface area contributed by atoms with E-state index in [1.165, 1.54) is 109 Å². The Kier molecular flexibility index (Phi) is 31.1. The summed E-state index contributed by atoms with van der Waals surface area (Å²) in [4.78, 5) is 12.9. The highest BCUT2D eigenvalue weighted by atomic mass is 16.7. The molecule has 0 aromatic heterocycles. The Hall–Kier alpha value is -1.33. The predicted molar refractivity (Wildman–Crippen MR) is 207 cm³/mol. The van der Waals surface area contributed by atoms with Crippen LogP contribution < -0.4 is 5.32 Å². The Balaban J connectivity index is 2.32. The maximum Gasteiger partial charge on any atom is 0.220 e. The lowest BCUT2D eigenvalue weighted by Crippen LogP contribution is -2.60. The molecule has 300 valence electrons. The van der Waals surface area contributed by atoms with Gasteiger partial charge < -0.3 is 40.3 Å². The normalized spacial score (nSPS) is 22.2. The lowest BCUT2D eigenvalue weighted by Gasteiger charge is -2.40. The van der Waals surface area contributed by atoms with Gasteiger partial charge in [0.1, 0.15) is 24.4 Å². The molecule has 1 fully saturated rings. The number of hydrogen-bond acceptors (Lipinski definition) is 8. The number of nitrogens with one attached hydrogen (secondary N) is 1. The highest BCUT2D eigenvalue weighted by Crippen LogP contribution is 2.23. The summed E-state index contributed by atoms with van der Waals surface area (Å²) in [6.45, 7) is 3.75. The molecule has 1 saturated heterocycles. The van der Waals surface area contributed by atoms with Crippen LogP contribution in [0.3, 0.4) is 0 Å². The first-order valence-electron chi connectivity index (χ1n) is 21.0. The van der Waals surface area contributed by atoms with Crippen LogP contribution in [-0.4, -0.2) is 87.5 Å². The molecule has 0 bridgehead atoms. The number of carbonyl (C=O) groups excluding carboxylic acids is 1. The average Bonchev–Trinajstić information content (AvgIpc) is 3.13. The molecule has 9 nitrogen and oxygen atoms in total. The number of ether oxygens (including phenoxy) is 2. The van der Waals surface area contributed by atoms with E-state index in [-0.39, 0.29) is 12.5 Å². The fraction of sp³-hybridized carbons (Fsp3) is 0.881. The summed E-state index contributed by atoms with van der Waals surface area (Å²) in [6, 6.07) is -0.731. The summed E-state index contributed by atoms with van der Waals surface area (Å²) in [6.07, 6.45) is 30.5. The molecule has 1 amide bonds. The SMILES string of the molecule is CCCCC/C=C/CCCC[C@@H](O)[C@H](CO[C@H]1O[C@@H](CO)[C@H](O)C(O)C1O)NC(=O)CCCCCCCCCCC/C=C/CCCCCCCC. The van der Waals surface area contributed by atoms with E-state index in [1.807, 2.05) is 0 Å². The molecular weight excluding hydrogens is 646 g/mol. The maximum atomic E-state index is 12.9. The number of unbranched alkanes of at least 4 members (excludes halogenated alkanes) is 20. The van der Waals surface area contributed by atoms with E-state index in [0.29, 0.717) is 12.8 Å². The van der Waals surface area contributed by atoms with E-state index >= 15 is 0 Å². The van der Waals surface area contributed by atoms with Gasteiger partial charge >= 0.3 is 0 Å². The number of hydrogen-bond donors (Lipinski definition) is 6. The van der Waals surface area contributed by atoms with Crippen molar-refractivity contribution in [3.63, 3.8) is 0 Å². The van der Waals surface area contributed by atoms with Crippen LogP contribution >= 0.6 is 0 Å². The van der Waals surface area contributed by atoms with Crippen LogP contribution in [0.15, 0.2) is 24.3 Å². The summed E-state index contributed by atoms with van der Waals surface area (Å²) in [5, 5.41) is 54.0. The summed E-state index contributed by atoms with van der Waals surface area (Å²) < 4.78 is 11.2. The molecule has 0 spiro atoms. The average molecular weight is 726 g/mol. The second-order valence-corrected chi connectivity index (χ2v) is 14.8. The molecule has 0 aromatic rings. The van der Waals surface area contributed by atoms with Gasteiger partial charge in [0.05, 0.1) is 25.4 Å². The van der Waals surface area contributed by atoms with Gasteiger partial charge in [-0.3, -0.25) is 4.79 Å². The van der Waals surface area contributed by atoms with Crippen molar-refractivity contribution in [2.75, 3.05) is 13.2 Å². The molecule has 0 saturated carbocycles. The van der Waals surface area contributed by atoms with E-state index in [1.54, 1.807) is 0 Å². The molecule has 0 aliphatic carbocycles. The van der Waals surface area contributed by atoms with Crippen LogP contribution in [0, 0.1) is 0 Å². The Morgan fingerprint density at radius 1 is 0.647 bits per heavy atom. The van der Waals surface area contributed by atoms with E-state index in [4.69, 9.17) is 9.47 Å². The molecule has 7 atom stereocenters. The largest absolute Gasteiger partial charge is 0.394 e. The highest BCUT2D eigenvalue weighted by Gasteiger charge is 2.44. The van der Waals surface area contributed by atoms with Crippen LogP contribution in [-0.2, 0) is 14.3 Å². The van der Waals surface area contributed by atoms with E-state index in [2.05, 4.69) is 43.5 Å². The predicted octanol–water partition coefficient (Wildman–Crippen LogP) is 7.94. The molecular formula is C42H79NO8. The van der Waals surface area contributed by atoms with E-state index < -0.39 is 49.5 Å². The number of aliphatic hydroxyl groups is 5. The van der Waals surface area contributed by atoms with Gasteiger partial charge in [0.15, 0.2) is 6.29 Å².